The van der Waals surface area contributed by atoms with Crippen LogP contribution >= 0.6 is 0 Å². The third-order valence-corrected chi connectivity index (χ3v) is 4.59. The second kappa shape index (κ2) is 5.92. The minimum atomic E-state index is 0.175. The number of hydrogen-bond acceptors (Lipinski definition) is 6. The van der Waals surface area contributed by atoms with Crippen LogP contribution in [-0.2, 0) is 11.3 Å². The fourth-order valence-corrected chi connectivity index (χ4v) is 2.93. The Morgan fingerprint density at radius 3 is 2.50 bits per heavy atom. The maximum atomic E-state index is 11.8. The van der Waals surface area contributed by atoms with Crippen molar-refractivity contribution in [1.82, 2.24) is 35.3 Å². The fourth-order valence-electron chi connectivity index (χ4n) is 2.93. The number of nitrogens with one attached hydrogen (secondary N) is 1. The molecule has 4 rings (SSSR count). The number of rotatable bonds is 6. The van der Waals surface area contributed by atoms with Crippen molar-refractivity contribution in [3.8, 4) is 0 Å². The molecule has 0 unspecified atom stereocenters. The first kappa shape index (κ1) is 14.1. The molecule has 0 radical (unpaired) electrons. The predicted octanol–water partition coefficient (Wildman–Crippen LogP) is -0.596. The topological polar surface area (TPSA) is 79.2 Å². The van der Waals surface area contributed by atoms with Gasteiger partial charge in [0.1, 0.15) is 0 Å². The summed E-state index contributed by atoms with van der Waals surface area (Å²) < 4.78 is 1.98. The summed E-state index contributed by atoms with van der Waals surface area (Å²) in [5.41, 5.74) is 0. The molecule has 1 aliphatic heterocycles. The number of piperazine rings is 1. The molecule has 0 spiro atoms. The average Bonchev–Trinajstić information content (AvgIpc) is 3.43. The van der Waals surface area contributed by atoms with Gasteiger partial charge in [0.2, 0.25) is 5.91 Å². The average molecular weight is 305 g/mol. The van der Waals surface area contributed by atoms with E-state index in [1.54, 1.807) is 0 Å². The molecular weight excluding hydrogens is 282 g/mol. The molecule has 8 nitrogen and oxygen atoms in total. The van der Waals surface area contributed by atoms with Gasteiger partial charge in [-0.1, -0.05) is 0 Å². The van der Waals surface area contributed by atoms with Gasteiger partial charge in [-0.3, -0.25) is 14.6 Å². The Hall–Kier alpha value is -1.54. The molecule has 2 aliphatic carbocycles. The molecular formula is C14H23N7O. The van der Waals surface area contributed by atoms with Gasteiger partial charge in [-0.2, -0.15) is 0 Å². The van der Waals surface area contributed by atoms with E-state index in [9.17, 15) is 4.79 Å². The molecule has 1 aromatic heterocycles. The van der Waals surface area contributed by atoms with E-state index in [1.165, 1.54) is 12.8 Å². The van der Waals surface area contributed by atoms with Gasteiger partial charge in [-0.05, 0) is 36.1 Å². The van der Waals surface area contributed by atoms with Crippen molar-refractivity contribution in [3.63, 3.8) is 0 Å². The zero-order valence-electron chi connectivity index (χ0n) is 12.8. The molecule has 0 atom stereocenters. The lowest BCUT2D eigenvalue weighted by Crippen LogP contribution is -2.49. The normalized spacial score (nSPS) is 23.6. The van der Waals surface area contributed by atoms with Crippen LogP contribution in [0.1, 0.15) is 37.5 Å². The Labute approximate surface area is 129 Å². The summed E-state index contributed by atoms with van der Waals surface area (Å²) in [6.45, 7) is 5.14. The molecule has 3 aliphatic rings. The molecule has 3 fully saturated rings. The van der Waals surface area contributed by atoms with Crippen molar-refractivity contribution >= 4 is 5.91 Å². The molecule has 1 aromatic rings. The van der Waals surface area contributed by atoms with Crippen LogP contribution in [0, 0.1) is 0 Å². The Morgan fingerprint density at radius 1 is 1.09 bits per heavy atom. The third-order valence-electron chi connectivity index (χ3n) is 4.59. The highest BCUT2D eigenvalue weighted by atomic mass is 16.2. The van der Waals surface area contributed by atoms with E-state index in [0.29, 0.717) is 18.6 Å². The van der Waals surface area contributed by atoms with Crippen molar-refractivity contribution in [1.29, 1.82) is 0 Å². The maximum absolute atomic E-state index is 11.8. The number of carbonyl (C=O) groups is 1. The van der Waals surface area contributed by atoms with E-state index < -0.39 is 0 Å². The standard InChI is InChI=1S/C14H23N7O/c22-14(15-11-1-2-11)10-20-7-5-19(6-8-20)9-13-16-17-18-21(13)12-3-4-12/h11-12H,1-10H2,(H,15,22). The van der Waals surface area contributed by atoms with Gasteiger partial charge in [0.05, 0.1) is 19.1 Å². The summed E-state index contributed by atoms with van der Waals surface area (Å²) in [4.78, 5) is 16.4. The molecule has 1 N–H and O–H groups in total. The van der Waals surface area contributed by atoms with Crippen molar-refractivity contribution in [2.45, 2.75) is 44.3 Å². The van der Waals surface area contributed by atoms with Crippen LogP contribution in [0.2, 0.25) is 0 Å². The summed E-state index contributed by atoms with van der Waals surface area (Å²) in [7, 11) is 0. The molecule has 2 heterocycles. The van der Waals surface area contributed by atoms with E-state index in [2.05, 4.69) is 30.6 Å². The molecule has 120 valence electrons. The Bertz CT molecular complexity index is 529. The van der Waals surface area contributed by atoms with Gasteiger partial charge in [-0.15, -0.1) is 5.10 Å². The molecule has 0 bridgehead atoms. The highest BCUT2D eigenvalue weighted by Gasteiger charge is 2.29. The summed E-state index contributed by atoms with van der Waals surface area (Å²) in [6, 6.07) is 0.979. The van der Waals surface area contributed by atoms with E-state index in [1.807, 2.05) is 4.68 Å². The van der Waals surface area contributed by atoms with Crippen molar-refractivity contribution in [2.75, 3.05) is 32.7 Å². The smallest absolute Gasteiger partial charge is 0.234 e. The van der Waals surface area contributed by atoms with Crippen LogP contribution in [0.25, 0.3) is 0 Å². The van der Waals surface area contributed by atoms with E-state index in [4.69, 9.17) is 0 Å². The van der Waals surface area contributed by atoms with Crippen LogP contribution in [0.5, 0.6) is 0 Å². The quantitative estimate of drug-likeness (QED) is 0.756. The van der Waals surface area contributed by atoms with Crippen LogP contribution in [0.15, 0.2) is 0 Å². The summed E-state index contributed by atoms with van der Waals surface area (Å²) in [5, 5.41) is 15.1. The lowest BCUT2D eigenvalue weighted by molar-refractivity contribution is -0.122. The summed E-state index contributed by atoms with van der Waals surface area (Å²) in [5.74, 6) is 1.15. The molecule has 2 saturated carbocycles. The first-order valence-corrected chi connectivity index (χ1v) is 8.29. The van der Waals surface area contributed by atoms with Crippen LogP contribution in [0.4, 0.5) is 0 Å². The fraction of sp³-hybridized carbons (Fsp3) is 0.857. The number of amides is 1. The van der Waals surface area contributed by atoms with Gasteiger partial charge < -0.3 is 5.32 Å². The molecule has 0 aromatic carbocycles. The van der Waals surface area contributed by atoms with Crippen molar-refractivity contribution in [2.24, 2.45) is 0 Å². The third kappa shape index (κ3) is 3.44. The highest BCUT2D eigenvalue weighted by Crippen LogP contribution is 2.34. The summed E-state index contributed by atoms with van der Waals surface area (Å²) in [6.07, 6.45) is 4.69. The molecule has 22 heavy (non-hydrogen) atoms. The Morgan fingerprint density at radius 2 is 1.82 bits per heavy atom. The Kier molecular flexibility index (Phi) is 3.79. The molecule has 1 amide bonds. The number of carbonyl (C=O) groups excluding carboxylic acids is 1. The van der Waals surface area contributed by atoms with Crippen LogP contribution in [0.3, 0.4) is 0 Å². The summed E-state index contributed by atoms with van der Waals surface area (Å²) >= 11 is 0. The van der Waals surface area contributed by atoms with Crippen molar-refractivity contribution in [3.05, 3.63) is 5.82 Å². The number of hydrogen-bond donors (Lipinski definition) is 1. The monoisotopic (exact) mass is 305 g/mol. The van der Waals surface area contributed by atoms with Gasteiger partial charge >= 0.3 is 0 Å². The van der Waals surface area contributed by atoms with Crippen LogP contribution in [-0.4, -0.2) is 74.7 Å². The molecule has 1 saturated heterocycles. The second-order valence-electron chi connectivity index (χ2n) is 6.66. The first-order valence-electron chi connectivity index (χ1n) is 8.29. The zero-order valence-corrected chi connectivity index (χ0v) is 12.8. The van der Waals surface area contributed by atoms with Gasteiger partial charge in [0.25, 0.3) is 0 Å². The minimum Gasteiger partial charge on any atom is -0.352 e. The maximum Gasteiger partial charge on any atom is 0.234 e. The number of tetrazole rings is 1. The number of nitrogens with zero attached hydrogens (tertiary/aromatic N) is 6. The second-order valence-corrected chi connectivity index (χ2v) is 6.66. The van der Waals surface area contributed by atoms with E-state index in [0.717, 1.165) is 51.4 Å². The highest BCUT2D eigenvalue weighted by molar-refractivity contribution is 5.78. The Balaban J connectivity index is 1.23. The first-order chi connectivity index (χ1) is 10.8. The lowest BCUT2D eigenvalue weighted by Gasteiger charge is -2.33. The van der Waals surface area contributed by atoms with E-state index in [-0.39, 0.29) is 5.91 Å². The lowest BCUT2D eigenvalue weighted by atomic mass is 10.3. The predicted molar refractivity (Wildman–Crippen MR) is 79.0 cm³/mol. The van der Waals surface area contributed by atoms with Gasteiger partial charge in [0.15, 0.2) is 5.82 Å². The van der Waals surface area contributed by atoms with Crippen molar-refractivity contribution < 1.29 is 4.79 Å². The van der Waals surface area contributed by atoms with E-state index >= 15 is 0 Å². The molecule has 8 heteroatoms. The minimum absolute atomic E-state index is 0.175. The van der Waals surface area contributed by atoms with Gasteiger partial charge in [-0.25, -0.2) is 4.68 Å². The number of aromatic nitrogens is 4. The van der Waals surface area contributed by atoms with Gasteiger partial charge in [0, 0.05) is 32.2 Å². The van der Waals surface area contributed by atoms with Crippen LogP contribution < -0.4 is 5.32 Å². The largest absolute Gasteiger partial charge is 0.352 e. The zero-order chi connectivity index (χ0) is 14.9. The SMILES string of the molecule is O=C(CN1CCN(Cc2nnnn2C2CC2)CC1)NC1CC1.